The minimum atomic E-state index is -0.142. The Morgan fingerprint density at radius 2 is 1.86 bits per heavy atom. The first-order valence-electron chi connectivity index (χ1n) is 8.98. The van der Waals surface area contributed by atoms with Gasteiger partial charge in [-0.3, -0.25) is 4.79 Å². The molecule has 2 aromatic carbocycles. The quantitative estimate of drug-likeness (QED) is 0.467. The van der Waals surface area contributed by atoms with E-state index in [0.717, 1.165) is 17.0 Å². The molecular weight excluding hydrogens is 384 g/mol. The molecule has 0 saturated heterocycles. The molecule has 1 amide bonds. The van der Waals surface area contributed by atoms with Crippen LogP contribution in [-0.4, -0.2) is 21.6 Å². The van der Waals surface area contributed by atoms with Gasteiger partial charge in [-0.1, -0.05) is 30.0 Å². The number of carbonyl (C=O) groups excluding carboxylic acids is 1. The summed E-state index contributed by atoms with van der Waals surface area (Å²) in [4.78, 5) is 20.9. The zero-order chi connectivity index (χ0) is 20.6. The third kappa shape index (κ3) is 6.33. The lowest BCUT2D eigenvalue weighted by Crippen LogP contribution is -2.14. The molecule has 0 aliphatic heterocycles. The molecule has 3 rings (SSSR count). The van der Waals surface area contributed by atoms with E-state index in [2.05, 4.69) is 21.4 Å². The van der Waals surface area contributed by atoms with Crippen molar-refractivity contribution in [2.24, 2.45) is 0 Å². The lowest BCUT2D eigenvalue weighted by atomic mass is 10.1. The Bertz CT molecular complexity index is 1040. The maximum absolute atomic E-state index is 12.3. The number of nitrogens with one attached hydrogen (secondary N) is 1. The van der Waals surface area contributed by atoms with Gasteiger partial charge in [0, 0.05) is 23.1 Å². The summed E-state index contributed by atoms with van der Waals surface area (Å²) in [5, 5.41) is 12.4. The van der Waals surface area contributed by atoms with Gasteiger partial charge in [0.2, 0.25) is 5.91 Å². The van der Waals surface area contributed by atoms with Crippen LogP contribution in [0.1, 0.15) is 22.5 Å². The summed E-state index contributed by atoms with van der Waals surface area (Å²) >= 11 is 1.30. The van der Waals surface area contributed by atoms with Crippen LogP contribution in [0.5, 0.6) is 5.75 Å². The van der Waals surface area contributed by atoms with Gasteiger partial charge in [0.1, 0.15) is 12.4 Å². The van der Waals surface area contributed by atoms with E-state index in [1.807, 2.05) is 44.2 Å². The Labute approximate surface area is 174 Å². The SMILES string of the molecule is Cc1cc(C)nc(SCC(=O)Nc2cccc(OCc3cccc(C#N)c3)c2)n1. The van der Waals surface area contributed by atoms with Crippen molar-refractivity contribution >= 4 is 23.4 Å². The van der Waals surface area contributed by atoms with Gasteiger partial charge in [-0.15, -0.1) is 0 Å². The van der Waals surface area contributed by atoms with Crippen LogP contribution in [-0.2, 0) is 11.4 Å². The monoisotopic (exact) mass is 404 g/mol. The molecule has 146 valence electrons. The van der Waals surface area contributed by atoms with Crippen LogP contribution in [0.15, 0.2) is 59.8 Å². The van der Waals surface area contributed by atoms with E-state index in [1.54, 1.807) is 24.3 Å². The van der Waals surface area contributed by atoms with Crippen LogP contribution in [0.3, 0.4) is 0 Å². The number of hydrogen-bond donors (Lipinski definition) is 1. The number of anilines is 1. The summed E-state index contributed by atoms with van der Waals surface area (Å²) in [7, 11) is 0. The van der Waals surface area contributed by atoms with E-state index in [-0.39, 0.29) is 11.7 Å². The highest BCUT2D eigenvalue weighted by molar-refractivity contribution is 7.99. The Morgan fingerprint density at radius 1 is 1.10 bits per heavy atom. The number of rotatable bonds is 7. The summed E-state index contributed by atoms with van der Waals surface area (Å²) in [6, 6.07) is 18.5. The van der Waals surface area contributed by atoms with Gasteiger partial charge in [-0.2, -0.15) is 5.26 Å². The maximum atomic E-state index is 12.3. The number of thioether (sulfide) groups is 1. The second-order valence-electron chi connectivity index (χ2n) is 6.40. The molecule has 6 nitrogen and oxygen atoms in total. The fourth-order valence-electron chi connectivity index (χ4n) is 2.65. The average molecular weight is 404 g/mol. The number of aryl methyl sites for hydroxylation is 2. The fraction of sp³-hybridized carbons (Fsp3) is 0.182. The molecule has 29 heavy (non-hydrogen) atoms. The van der Waals surface area contributed by atoms with Crippen molar-refractivity contribution < 1.29 is 9.53 Å². The van der Waals surface area contributed by atoms with Gasteiger partial charge in [0.15, 0.2) is 5.16 Å². The number of nitriles is 1. The highest BCUT2D eigenvalue weighted by Gasteiger charge is 2.07. The Morgan fingerprint density at radius 3 is 2.62 bits per heavy atom. The van der Waals surface area contributed by atoms with E-state index < -0.39 is 0 Å². The second kappa shape index (κ2) is 9.71. The molecular formula is C22H20N4O2S. The number of carbonyl (C=O) groups is 1. The number of hydrogen-bond acceptors (Lipinski definition) is 6. The standard InChI is InChI=1S/C22H20N4O2S/c1-15-9-16(2)25-22(24-15)29-14-21(27)26-19-7-4-8-20(11-19)28-13-18-6-3-5-17(10-18)12-23/h3-11H,13-14H2,1-2H3,(H,26,27). The lowest BCUT2D eigenvalue weighted by Gasteiger charge is -2.09. The van der Waals surface area contributed by atoms with Crippen molar-refractivity contribution in [2.45, 2.75) is 25.6 Å². The van der Waals surface area contributed by atoms with Crippen molar-refractivity contribution in [3.63, 3.8) is 0 Å². The molecule has 0 atom stereocenters. The zero-order valence-electron chi connectivity index (χ0n) is 16.2. The molecule has 0 saturated carbocycles. The number of nitrogens with zero attached hydrogens (tertiary/aromatic N) is 3. The minimum absolute atomic E-state index is 0.142. The topological polar surface area (TPSA) is 87.9 Å². The third-order valence-corrected chi connectivity index (χ3v) is 4.72. The number of aromatic nitrogens is 2. The van der Waals surface area contributed by atoms with Gasteiger partial charge >= 0.3 is 0 Å². The maximum Gasteiger partial charge on any atom is 0.234 e. The number of benzene rings is 2. The second-order valence-corrected chi connectivity index (χ2v) is 7.34. The van der Waals surface area contributed by atoms with Crippen molar-refractivity contribution in [2.75, 3.05) is 11.1 Å². The lowest BCUT2D eigenvalue weighted by molar-refractivity contribution is -0.113. The van der Waals surface area contributed by atoms with E-state index in [9.17, 15) is 4.79 Å². The number of ether oxygens (including phenoxy) is 1. The van der Waals surface area contributed by atoms with Crippen LogP contribution < -0.4 is 10.1 Å². The van der Waals surface area contributed by atoms with E-state index in [1.165, 1.54) is 11.8 Å². The summed E-state index contributed by atoms with van der Waals surface area (Å²) in [5.41, 5.74) is 3.91. The van der Waals surface area contributed by atoms with Crippen molar-refractivity contribution in [3.8, 4) is 11.8 Å². The van der Waals surface area contributed by atoms with Crippen molar-refractivity contribution in [1.29, 1.82) is 5.26 Å². The molecule has 0 fully saturated rings. The molecule has 0 radical (unpaired) electrons. The molecule has 7 heteroatoms. The fourth-order valence-corrected chi connectivity index (χ4v) is 3.40. The highest BCUT2D eigenvalue weighted by Crippen LogP contribution is 2.20. The normalized spacial score (nSPS) is 10.2. The van der Waals surface area contributed by atoms with Crippen LogP contribution >= 0.6 is 11.8 Å². The van der Waals surface area contributed by atoms with Crippen LogP contribution in [0.4, 0.5) is 5.69 Å². The molecule has 1 heterocycles. The molecule has 1 aromatic heterocycles. The molecule has 0 unspecified atom stereocenters. The third-order valence-electron chi connectivity index (χ3n) is 3.87. The first-order chi connectivity index (χ1) is 14.0. The predicted octanol–water partition coefficient (Wildman–Crippen LogP) is 4.27. The molecule has 0 spiro atoms. The number of amides is 1. The minimum Gasteiger partial charge on any atom is -0.489 e. The van der Waals surface area contributed by atoms with Crippen LogP contribution in [0, 0.1) is 25.2 Å². The van der Waals surface area contributed by atoms with E-state index in [4.69, 9.17) is 10.00 Å². The predicted molar refractivity (Wildman–Crippen MR) is 113 cm³/mol. The zero-order valence-corrected chi connectivity index (χ0v) is 17.0. The van der Waals surface area contributed by atoms with Crippen LogP contribution in [0.2, 0.25) is 0 Å². The Kier molecular flexibility index (Phi) is 6.82. The van der Waals surface area contributed by atoms with Crippen LogP contribution in [0.25, 0.3) is 0 Å². The molecule has 0 bridgehead atoms. The average Bonchev–Trinajstić information content (AvgIpc) is 2.70. The summed E-state index contributed by atoms with van der Waals surface area (Å²) in [6.45, 7) is 4.15. The molecule has 1 N–H and O–H groups in total. The smallest absolute Gasteiger partial charge is 0.234 e. The van der Waals surface area contributed by atoms with E-state index >= 15 is 0 Å². The summed E-state index contributed by atoms with van der Waals surface area (Å²) in [6.07, 6.45) is 0. The largest absolute Gasteiger partial charge is 0.489 e. The summed E-state index contributed by atoms with van der Waals surface area (Å²) in [5.74, 6) is 0.710. The Hall–Kier alpha value is -3.37. The summed E-state index contributed by atoms with van der Waals surface area (Å²) < 4.78 is 5.78. The van der Waals surface area contributed by atoms with Gasteiger partial charge < -0.3 is 10.1 Å². The molecule has 3 aromatic rings. The Balaban J connectivity index is 1.54. The van der Waals surface area contributed by atoms with Gasteiger partial charge in [-0.05, 0) is 49.7 Å². The van der Waals surface area contributed by atoms with Gasteiger partial charge in [0.25, 0.3) is 0 Å². The van der Waals surface area contributed by atoms with Gasteiger partial charge in [0.05, 0.1) is 17.4 Å². The first-order valence-corrected chi connectivity index (χ1v) is 9.97. The first kappa shape index (κ1) is 20.4. The van der Waals surface area contributed by atoms with Gasteiger partial charge in [-0.25, -0.2) is 9.97 Å². The van der Waals surface area contributed by atoms with E-state index in [0.29, 0.717) is 28.8 Å². The van der Waals surface area contributed by atoms with Crippen molar-refractivity contribution in [3.05, 3.63) is 77.1 Å². The molecule has 0 aliphatic rings. The molecule has 0 aliphatic carbocycles. The highest BCUT2D eigenvalue weighted by atomic mass is 32.2. The van der Waals surface area contributed by atoms with Crippen molar-refractivity contribution in [1.82, 2.24) is 9.97 Å².